The van der Waals surface area contributed by atoms with Gasteiger partial charge in [0.05, 0.1) is 5.92 Å². The Morgan fingerprint density at radius 1 is 1.57 bits per heavy atom. The number of nitrogens with two attached hydrogens (primary N) is 1. The van der Waals surface area contributed by atoms with Crippen LogP contribution in [0.4, 0.5) is 4.79 Å². The van der Waals surface area contributed by atoms with E-state index in [9.17, 15) is 9.59 Å². The van der Waals surface area contributed by atoms with E-state index >= 15 is 0 Å². The summed E-state index contributed by atoms with van der Waals surface area (Å²) in [6.45, 7) is 1.09. The van der Waals surface area contributed by atoms with Crippen LogP contribution in [0.2, 0.25) is 0 Å². The van der Waals surface area contributed by atoms with E-state index < -0.39 is 0 Å². The van der Waals surface area contributed by atoms with Crippen LogP contribution in [0.3, 0.4) is 0 Å². The standard InChI is InChI=1S/C9H17N3O2/c1-12-5-3-2-4-7(8(10)13)6-11-9(12)14/h7H,2-6H2,1H3,(H2,10,13)(H,11,14)/t7-/m0/s1. The maximum Gasteiger partial charge on any atom is 0.317 e. The molecule has 0 unspecified atom stereocenters. The Morgan fingerprint density at radius 2 is 2.29 bits per heavy atom. The van der Waals surface area contributed by atoms with Crippen LogP contribution < -0.4 is 11.1 Å². The minimum Gasteiger partial charge on any atom is -0.369 e. The molecule has 0 saturated carbocycles. The maximum atomic E-state index is 11.4. The Labute approximate surface area is 83.6 Å². The van der Waals surface area contributed by atoms with E-state index in [2.05, 4.69) is 5.32 Å². The SMILES string of the molecule is CN1CCCC[C@H](C(N)=O)CNC1=O. The molecule has 1 heterocycles. The van der Waals surface area contributed by atoms with Gasteiger partial charge in [-0.3, -0.25) is 4.79 Å². The molecule has 3 amide bonds. The zero-order chi connectivity index (χ0) is 10.6. The Hall–Kier alpha value is -1.26. The molecule has 1 atom stereocenters. The third-order valence-electron chi connectivity index (χ3n) is 2.54. The van der Waals surface area contributed by atoms with Crippen LogP contribution in [0, 0.1) is 5.92 Å². The fourth-order valence-corrected chi connectivity index (χ4v) is 1.53. The highest BCUT2D eigenvalue weighted by molar-refractivity contribution is 5.79. The molecule has 1 saturated heterocycles. The lowest BCUT2D eigenvalue weighted by Gasteiger charge is -2.16. The Balaban J connectivity index is 2.54. The van der Waals surface area contributed by atoms with E-state index in [4.69, 9.17) is 5.73 Å². The van der Waals surface area contributed by atoms with Crippen molar-refractivity contribution in [2.45, 2.75) is 19.3 Å². The molecule has 5 nitrogen and oxygen atoms in total. The molecular weight excluding hydrogens is 182 g/mol. The second-order valence-corrected chi connectivity index (χ2v) is 3.70. The normalized spacial score (nSPS) is 24.5. The molecule has 1 aliphatic heterocycles. The largest absolute Gasteiger partial charge is 0.369 e. The van der Waals surface area contributed by atoms with Crippen LogP contribution in [0.1, 0.15) is 19.3 Å². The second kappa shape index (κ2) is 4.83. The molecule has 1 aliphatic rings. The summed E-state index contributed by atoms with van der Waals surface area (Å²) in [5.74, 6) is -0.541. The van der Waals surface area contributed by atoms with Crippen LogP contribution in [0.5, 0.6) is 0 Å². The Morgan fingerprint density at radius 3 is 2.93 bits per heavy atom. The van der Waals surface area contributed by atoms with Crippen molar-refractivity contribution in [2.75, 3.05) is 20.1 Å². The number of primary amides is 1. The summed E-state index contributed by atoms with van der Waals surface area (Å²) in [6, 6.07) is -0.127. The molecule has 0 aliphatic carbocycles. The summed E-state index contributed by atoms with van der Waals surface area (Å²) in [7, 11) is 1.75. The topological polar surface area (TPSA) is 75.4 Å². The number of carbonyl (C=O) groups excluding carboxylic acids is 2. The van der Waals surface area contributed by atoms with Crippen LogP contribution in [0.25, 0.3) is 0 Å². The summed E-state index contributed by atoms with van der Waals surface area (Å²) >= 11 is 0. The first-order valence-corrected chi connectivity index (χ1v) is 4.89. The van der Waals surface area contributed by atoms with Crippen molar-refractivity contribution >= 4 is 11.9 Å². The number of urea groups is 1. The average molecular weight is 199 g/mol. The summed E-state index contributed by atoms with van der Waals surface area (Å²) in [5.41, 5.74) is 5.21. The number of hydrogen-bond donors (Lipinski definition) is 2. The summed E-state index contributed by atoms with van der Waals surface area (Å²) < 4.78 is 0. The monoisotopic (exact) mass is 199 g/mol. The number of hydrogen-bond acceptors (Lipinski definition) is 2. The van der Waals surface area contributed by atoms with Crippen molar-refractivity contribution in [3.63, 3.8) is 0 Å². The fraction of sp³-hybridized carbons (Fsp3) is 0.778. The first-order chi connectivity index (χ1) is 6.61. The molecule has 80 valence electrons. The molecule has 0 aromatic carbocycles. The van der Waals surface area contributed by atoms with Crippen molar-refractivity contribution in [1.82, 2.24) is 10.2 Å². The van der Waals surface area contributed by atoms with Gasteiger partial charge in [0.25, 0.3) is 0 Å². The minimum atomic E-state index is -0.324. The highest BCUT2D eigenvalue weighted by atomic mass is 16.2. The van der Waals surface area contributed by atoms with Crippen molar-refractivity contribution < 1.29 is 9.59 Å². The van der Waals surface area contributed by atoms with E-state index in [1.54, 1.807) is 11.9 Å². The zero-order valence-corrected chi connectivity index (χ0v) is 8.45. The van der Waals surface area contributed by atoms with E-state index in [-0.39, 0.29) is 17.9 Å². The second-order valence-electron chi connectivity index (χ2n) is 3.70. The van der Waals surface area contributed by atoms with Gasteiger partial charge in [-0.05, 0) is 12.8 Å². The van der Waals surface area contributed by atoms with E-state index in [0.29, 0.717) is 6.54 Å². The molecule has 0 aromatic rings. The summed E-state index contributed by atoms with van der Waals surface area (Å²) in [5, 5.41) is 2.69. The number of nitrogens with zero attached hydrogens (tertiary/aromatic N) is 1. The number of rotatable bonds is 1. The van der Waals surface area contributed by atoms with Crippen LogP contribution in [-0.4, -0.2) is 37.0 Å². The lowest BCUT2D eigenvalue weighted by atomic mass is 10.0. The molecule has 0 bridgehead atoms. The van der Waals surface area contributed by atoms with Gasteiger partial charge >= 0.3 is 6.03 Å². The van der Waals surface area contributed by atoms with E-state index in [1.165, 1.54) is 0 Å². The molecule has 14 heavy (non-hydrogen) atoms. The van der Waals surface area contributed by atoms with Gasteiger partial charge in [-0.2, -0.15) is 0 Å². The number of carbonyl (C=O) groups is 2. The average Bonchev–Trinajstić information content (AvgIpc) is 2.20. The molecule has 1 fully saturated rings. The van der Waals surface area contributed by atoms with Gasteiger partial charge in [0, 0.05) is 20.1 Å². The fourth-order valence-electron chi connectivity index (χ4n) is 1.53. The number of amides is 3. The number of nitrogens with one attached hydrogen (secondary N) is 1. The highest BCUT2D eigenvalue weighted by Crippen LogP contribution is 2.10. The molecule has 0 aromatic heterocycles. The Kier molecular flexibility index (Phi) is 3.73. The van der Waals surface area contributed by atoms with Crippen molar-refractivity contribution in [3.05, 3.63) is 0 Å². The molecule has 3 N–H and O–H groups in total. The van der Waals surface area contributed by atoms with Crippen LogP contribution in [-0.2, 0) is 4.79 Å². The molecule has 5 heteroatoms. The third-order valence-corrected chi connectivity index (χ3v) is 2.54. The van der Waals surface area contributed by atoms with Gasteiger partial charge in [0.2, 0.25) is 5.91 Å². The van der Waals surface area contributed by atoms with Crippen LogP contribution in [0.15, 0.2) is 0 Å². The van der Waals surface area contributed by atoms with Crippen LogP contribution >= 0.6 is 0 Å². The summed E-state index contributed by atoms with van der Waals surface area (Å²) in [6.07, 6.45) is 2.63. The van der Waals surface area contributed by atoms with Crippen molar-refractivity contribution in [1.29, 1.82) is 0 Å². The first kappa shape index (κ1) is 10.8. The zero-order valence-electron chi connectivity index (χ0n) is 8.45. The van der Waals surface area contributed by atoms with Crippen molar-refractivity contribution in [2.24, 2.45) is 11.7 Å². The smallest absolute Gasteiger partial charge is 0.317 e. The highest BCUT2D eigenvalue weighted by Gasteiger charge is 2.19. The van der Waals surface area contributed by atoms with Gasteiger partial charge in [0.15, 0.2) is 0 Å². The van der Waals surface area contributed by atoms with Gasteiger partial charge in [-0.25, -0.2) is 4.79 Å². The Bertz CT molecular complexity index is 230. The molecule has 0 radical (unpaired) electrons. The molecular formula is C9H17N3O2. The lowest BCUT2D eigenvalue weighted by Crippen LogP contribution is -2.41. The van der Waals surface area contributed by atoms with Gasteiger partial charge < -0.3 is 16.0 Å². The quantitative estimate of drug-likeness (QED) is 0.619. The predicted molar refractivity (Wildman–Crippen MR) is 52.6 cm³/mol. The van der Waals surface area contributed by atoms with Crippen molar-refractivity contribution in [3.8, 4) is 0 Å². The van der Waals surface area contributed by atoms with Gasteiger partial charge in [0.1, 0.15) is 0 Å². The van der Waals surface area contributed by atoms with E-state index in [0.717, 1.165) is 25.8 Å². The van der Waals surface area contributed by atoms with E-state index in [1.807, 2.05) is 0 Å². The first-order valence-electron chi connectivity index (χ1n) is 4.89. The van der Waals surface area contributed by atoms with Gasteiger partial charge in [-0.15, -0.1) is 0 Å². The molecule has 0 spiro atoms. The summed E-state index contributed by atoms with van der Waals surface area (Å²) in [4.78, 5) is 24.0. The molecule has 1 rings (SSSR count). The minimum absolute atomic E-state index is 0.127. The lowest BCUT2D eigenvalue weighted by molar-refractivity contribution is -0.121. The predicted octanol–water partition coefficient (Wildman–Crippen LogP) is -0.0868. The van der Waals surface area contributed by atoms with Gasteiger partial charge in [-0.1, -0.05) is 6.42 Å². The third kappa shape index (κ3) is 2.90. The maximum absolute atomic E-state index is 11.4.